The van der Waals surface area contributed by atoms with E-state index in [1.807, 2.05) is 0 Å². The summed E-state index contributed by atoms with van der Waals surface area (Å²) in [6.45, 7) is 0. The van der Waals surface area contributed by atoms with Crippen LogP contribution in [0.15, 0.2) is 23.1 Å². The molecule has 0 radical (unpaired) electrons. The third kappa shape index (κ3) is 1.93. The molecule has 92 valence electrons. The quantitative estimate of drug-likeness (QED) is 0.888. The third-order valence-electron chi connectivity index (χ3n) is 3.04. The first-order valence-electron chi connectivity index (χ1n) is 5.01. The number of carbonyl (C=O) groups is 1. The van der Waals surface area contributed by atoms with Crippen LogP contribution in [0, 0.1) is 5.82 Å². The SMILES string of the molecule is CS(=O)(=O)c1ccc(C2(C(=O)O)CC2)c(F)c1. The summed E-state index contributed by atoms with van der Waals surface area (Å²) >= 11 is 0. The van der Waals surface area contributed by atoms with Crippen LogP contribution in [0.5, 0.6) is 0 Å². The summed E-state index contributed by atoms with van der Waals surface area (Å²) in [6.07, 6.45) is 1.75. The Hall–Kier alpha value is -1.43. The zero-order valence-electron chi connectivity index (χ0n) is 9.10. The Bertz CT molecular complexity index is 587. The molecule has 0 unspecified atom stereocenters. The molecule has 17 heavy (non-hydrogen) atoms. The molecule has 0 bridgehead atoms. The molecule has 1 aromatic carbocycles. The summed E-state index contributed by atoms with van der Waals surface area (Å²) in [5.74, 6) is -1.84. The second kappa shape index (κ2) is 3.53. The van der Waals surface area contributed by atoms with Crippen LogP contribution in [0.25, 0.3) is 0 Å². The average Bonchev–Trinajstić information content (AvgIpc) is 2.96. The van der Waals surface area contributed by atoms with Crippen LogP contribution in [0.2, 0.25) is 0 Å². The number of halogens is 1. The number of sulfone groups is 1. The van der Waals surface area contributed by atoms with Crippen molar-refractivity contribution in [2.24, 2.45) is 0 Å². The molecule has 0 atom stereocenters. The molecule has 2 rings (SSSR count). The Morgan fingerprint density at radius 3 is 2.35 bits per heavy atom. The van der Waals surface area contributed by atoms with E-state index in [1.165, 1.54) is 12.1 Å². The highest BCUT2D eigenvalue weighted by Gasteiger charge is 2.53. The van der Waals surface area contributed by atoms with Gasteiger partial charge in [-0.3, -0.25) is 4.79 Å². The fraction of sp³-hybridized carbons (Fsp3) is 0.364. The molecule has 0 spiro atoms. The van der Waals surface area contributed by atoms with Gasteiger partial charge in [0.2, 0.25) is 0 Å². The fourth-order valence-corrected chi connectivity index (χ4v) is 2.47. The smallest absolute Gasteiger partial charge is 0.314 e. The van der Waals surface area contributed by atoms with Crippen molar-refractivity contribution in [1.82, 2.24) is 0 Å². The standard InChI is InChI=1S/C11H11FO4S/c1-17(15,16)7-2-3-8(9(12)6-7)11(4-5-11)10(13)14/h2-3,6H,4-5H2,1H3,(H,13,14). The maximum atomic E-state index is 13.7. The second-order valence-electron chi connectivity index (χ2n) is 4.30. The summed E-state index contributed by atoms with van der Waals surface area (Å²) in [5.41, 5.74) is -1.09. The van der Waals surface area contributed by atoms with Gasteiger partial charge in [0.25, 0.3) is 0 Å². The molecule has 1 fully saturated rings. The predicted molar refractivity (Wildman–Crippen MR) is 58.1 cm³/mol. The summed E-state index contributed by atoms with van der Waals surface area (Å²) in [4.78, 5) is 10.9. The predicted octanol–water partition coefficient (Wildman–Crippen LogP) is 1.35. The van der Waals surface area contributed by atoms with Crippen LogP contribution in [-0.4, -0.2) is 25.7 Å². The van der Waals surface area contributed by atoms with Crippen LogP contribution < -0.4 is 0 Å². The Labute approximate surface area is 98.0 Å². The van der Waals surface area contributed by atoms with Gasteiger partial charge in [0.15, 0.2) is 9.84 Å². The zero-order chi connectivity index (χ0) is 12.8. The van der Waals surface area contributed by atoms with Gasteiger partial charge in [0.1, 0.15) is 5.82 Å². The van der Waals surface area contributed by atoms with E-state index in [0.717, 1.165) is 12.3 Å². The Morgan fingerprint density at radius 2 is 2.00 bits per heavy atom. The van der Waals surface area contributed by atoms with Gasteiger partial charge in [-0.1, -0.05) is 6.07 Å². The second-order valence-corrected chi connectivity index (χ2v) is 6.32. The van der Waals surface area contributed by atoms with Crippen LogP contribution in [0.1, 0.15) is 18.4 Å². The molecule has 0 amide bonds. The number of hydrogen-bond donors (Lipinski definition) is 1. The van der Waals surface area contributed by atoms with Crippen molar-refractivity contribution >= 4 is 15.8 Å². The number of benzene rings is 1. The molecule has 1 N–H and O–H groups in total. The summed E-state index contributed by atoms with van der Waals surface area (Å²) in [7, 11) is -3.47. The number of carboxylic acids is 1. The van der Waals surface area contributed by atoms with E-state index >= 15 is 0 Å². The topological polar surface area (TPSA) is 71.4 Å². The molecule has 0 heterocycles. The van der Waals surface area contributed by atoms with Crippen molar-refractivity contribution in [2.75, 3.05) is 6.26 Å². The maximum absolute atomic E-state index is 13.7. The van der Waals surface area contributed by atoms with E-state index in [2.05, 4.69) is 0 Å². The van der Waals surface area contributed by atoms with Gasteiger partial charge >= 0.3 is 5.97 Å². The first-order valence-corrected chi connectivity index (χ1v) is 6.90. The number of hydrogen-bond acceptors (Lipinski definition) is 3. The van der Waals surface area contributed by atoms with Crippen molar-refractivity contribution < 1.29 is 22.7 Å². The lowest BCUT2D eigenvalue weighted by Crippen LogP contribution is -2.21. The lowest BCUT2D eigenvalue weighted by atomic mass is 9.96. The Morgan fingerprint density at radius 1 is 1.41 bits per heavy atom. The van der Waals surface area contributed by atoms with Crippen LogP contribution in [-0.2, 0) is 20.0 Å². The average molecular weight is 258 g/mol. The first-order chi connectivity index (χ1) is 7.77. The van der Waals surface area contributed by atoms with Crippen molar-refractivity contribution in [3.8, 4) is 0 Å². The summed E-state index contributed by atoms with van der Waals surface area (Å²) in [6, 6.07) is 3.39. The molecule has 0 saturated heterocycles. The highest BCUT2D eigenvalue weighted by Crippen LogP contribution is 2.49. The number of aliphatic carboxylic acids is 1. The largest absolute Gasteiger partial charge is 0.481 e. The number of rotatable bonds is 3. The van der Waals surface area contributed by atoms with Gasteiger partial charge in [-0.25, -0.2) is 12.8 Å². The zero-order valence-corrected chi connectivity index (χ0v) is 9.92. The van der Waals surface area contributed by atoms with Crippen LogP contribution >= 0.6 is 0 Å². The normalized spacial score (nSPS) is 17.8. The van der Waals surface area contributed by atoms with E-state index in [1.54, 1.807) is 0 Å². The molecule has 1 saturated carbocycles. The highest BCUT2D eigenvalue weighted by molar-refractivity contribution is 7.90. The summed E-state index contributed by atoms with van der Waals surface area (Å²) in [5, 5.41) is 9.03. The highest BCUT2D eigenvalue weighted by atomic mass is 32.2. The van der Waals surface area contributed by atoms with Gasteiger partial charge in [0.05, 0.1) is 10.3 Å². The lowest BCUT2D eigenvalue weighted by molar-refractivity contribution is -0.140. The van der Waals surface area contributed by atoms with E-state index in [-0.39, 0.29) is 10.5 Å². The molecule has 0 aromatic heterocycles. The van der Waals surface area contributed by atoms with Crippen LogP contribution in [0.3, 0.4) is 0 Å². The fourth-order valence-electron chi connectivity index (χ4n) is 1.84. The summed E-state index contributed by atoms with van der Waals surface area (Å²) < 4.78 is 36.2. The van der Waals surface area contributed by atoms with Crippen molar-refractivity contribution in [2.45, 2.75) is 23.2 Å². The van der Waals surface area contributed by atoms with Crippen molar-refractivity contribution in [3.63, 3.8) is 0 Å². The monoisotopic (exact) mass is 258 g/mol. The molecule has 6 heteroatoms. The molecular weight excluding hydrogens is 247 g/mol. The van der Waals surface area contributed by atoms with E-state index < -0.39 is 27.0 Å². The van der Waals surface area contributed by atoms with Crippen molar-refractivity contribution in [1.29, 1.82) is 0 Å². The Balaban J connectivity index is 2.51. The molecule has 4 nitrogen and oxygen atoms in total. The van der Waals surface area contributed by atoms with Gasteiger partial charge in [-0.2, -0.15) is 0 Å². The first kappa shape index (κ1) is 12.0. The third-order valence-corrected chi connectivity index (χ3v) is 4.15. The minimum atomic E-state index is -3.47. The van der Waals surface area contributed by atoms with E-state index in [0.29, 0.717) is 12.8 Å². The van der Waals surface area contributed by atoms with Crippen molar-refractivity contribution in [3.05, 3.63) is 29.6 Å². The maximum Gasteiger partial charge on any atom is 0.314 e. The Kier molecular flexibility index (Phi) is 2.50. The van der Waals surface area contributed by atoms with Gasteiger partial charge in [-0.05, 0) is 25.0 Å². The van der Waals surface area contributed by atoms with E-state index in [9.17, 15) is 17.6 Å². The van der Waals surface area contributed by atoms with Gasteiger partial charge < -0.3 is 5.11 Å². The molecule has 1 aliphatic rings. The molecule has 1 aromatic rings. The minimum Gasteiger partial charge on any atom is -0.481 e. The lowest BCUT2D eigenvalue weighted by Gasteiger charge is -2.11. The minimum absolute atomic E-state index is 0.0670. The number of carboxylic acid groups (broad SMARTS) is 1. The van der Waals surface area contributed by atoms with Gasteiger partial charge in [0, 0.05) is 11.8 Å². The van der Waals surface area contributed by atoms with E-state index in [4.69, 9.17) is 5.11 Å². The van der Waals surface area contributed by atoms with Crippen LogP contribution in [0.4, 0.5) is 4.39 Å². The molecular formula is C11H11FO4S. The molecule has 0 aliphatic heterocycles. The van der Waals surface area contributed by atoms with Gasteiger partial charge in [-0.15, -0.1) is 0 Å². The molecule has 1 aliphatic carbocycles.